The largest absolute Gasteiger partial charge is 0.543 e. The molecule has 0 aromatic rings. The summed E-state index contributed by atoms with van der Waals surface area (Å²) in [6.45, 7) is 8.81. The second kappa shape index (κ2) is 2.73. The Labute approximate surface area is 60.7 Å². The molecular formula is C7H12NO2-. The monoisotopic (exact) mass is 142 g/mol. The topological polar surface area (TPSA) is 52.2 Å². The van der Waals surface area contributed by atoms with E-state index in [0.717, 1.165) is 0 Å². The molecule has 3 nitrogen and oxygen atoms in total. The third-order valence-corrected chi connectivity index (χ3v) is 0.772. The molecule has 0 amide bonds. The maximum Gasteiger partial charge on any atom is 0.0868 e. The van der Waals surface area contributed by atoms with E-state index in [1.165, 1.54) is 0 Å². The fourth-order valence-electron chi connectivity index (χ4n) is 0.504. The predicted molar refractivity (Wildman–Crippen MR) is 37.0 cm³/mol. The van der Waals surface area contributed by atoms with Gasteiger partial charge in [0.1, 0.15) is 0 Å². The molecule has 1 N–H and O–H groups in total. The van der Waals surface area contributed by atoms with Gasteiger partial charge in [-0.3, -0.25) is 0 Å². The van der Waals surface area contributed by atoms with Crippen molar-refractivity contribution >= 4 is 5.97 Å². The molecule has 0 aromatic heterocycles. The molecule has 0 unspecified atom stereocenters. The number of hydrogen-bond acceptors (Lipinski definition) is 3. The first-order chi connectivity index (χ1) is 4.33. The quantitative estimate of drug-likeness (QED) is 0.535. The van der Waals surface area contributed by atoms with Gasteiger partial charge in [0.05, 0.1) is 11.7 Å². The van der Waals surface area contributed by atoms with Gasteiger partial charge in [-0.15, -0.1) is 0 Å². The van der Waals surface area contributed by atoms with Crippen molar-refractivity contribution < 1.29 is 9.90 Å². The van der Waals surface area contributed by atoms with Crippen molar-refractivity contribution in [2.75, 3.05) is 0 Å². The summed E-state index contributed by atoms with van der Waals surface area (Å²) in [6.07, 6.45) is 0. The summed E-state index contributed by atoms with van der Waals surface area (Å²) in [7, 11) is 0. The summed E-state index contributed by atoms with van der Waals surface area (Å²) in [5.41, 5.74) is -0.343. The first-order valence-corrected chi connectivity index (χ1v) is 3.01. The van der Waals surface area contributed by atoms with Gasteiger partial charge in [0.15, 0.2) is 0 Å². The Balaban J connectivity index is 3.93. The normalized spacial score (nSPS) is 10.7. The first-order valence-electron chi connectivity index (χ1n) is 3.01. The molecule has 0 spiro atoms. The van der Waals surface area contributed by atoms with E-state index in [4.69, 9.17) is 0 Å². The van der Waals surface area contributed by atoms with Crippen molar-refractivity contribution in [1.82, 2.24) is 5.32 Å². The van der Waals surface area contributed by atoms with E-state index in [1.807, 2.05) is 20.8 Å². The minimum Gasteiger partial charge on any atom is -0.543 e. The van der Waals surface area contributed by atoms with Crippen LogP contribution >= 0.6 is 0 Å². The summed E-state index contributed by atoms with van der Waals surface area (Å²) in [4.78, 5) is 10.1. The first kappa shape index (κ1) is 9.01. The lowest BCUT2D eigenvalue weighted by Gasteiger charge is -2.23. The molecule has 58 valence electrons. The van der Waals surface area contributed by atoms with Gasteiger partial charge >= 0.3 is 0 Å². The van der Waals surface area contributed by atoms with E-state index in [9.17, 15) is 9.90 Å². The van der Waals surface area contributed by atoms with Crippen LogP contribution in [0.4, 0.5) is 0 Å². The molecule has 0 saturated heterocycles. The fraction of sp³-hybridized carbons (Fsp3) is 0.571. The molecule has 0 fully saturated rings. The summed E-state index contributed by atoms with van der Waals surface area (Å²) in [6, 6.07) is 0. The van der Waals surface area contributed by atoms with E-state index >= 15 is 0 Å². The van der Waals surface area contributed by atoms with Gasteiger partial charge in [0.25, 0.3) is 0 Å². The smallest absolute Gasteiger partial charge is 0.0868 e. The molecule has 3 heteroatoms. The zero-order valence-corrected chi connectivity index (χ0v) is 6.52. The third-order valence-electron chi connectivity index (χ3n) is 0.772. The van der Waals surface area contributed by atoms with Crippen LogP contribution in [0.3, 0.4) is 0 Å². The number of rotatable bonds is 2. The predicted octanol–water partition coefficient (Wildman–Crippen LogP) is -0.362. The van der Waals surface area contributed by atoms with Crippen LogP contribution in [0, 0.1) is 0 Å². The molecule has 0 bridgehead atoms. The molecule has 0 atom stereocenters. The van der Waals surface area contributed by atoms with E-state index < -0.39 is 5.97 Å². The maximum atomic E-state index is 10.1. The highest BCUT2D eigenvalue weighted by Crippen LogP contribution is 2.00. The lowest BCUT2D eigenvalue weighted by molar-refractivity contribution is -0.299. The number of carboxylic acids is 1. The number of carboxylic acid groups (broad SMARTS) is 1. The maximum absolute atomic E-state index is 10.1. The SMILES string of the molecule is C=C(NC(C)(C)C)C(=O)[O-]. The van der Waals surface area contributed by atoms with Crippen LogP contribution in [0.2, 0.25) is 0 Å². The van der Waals surface area contributed by atoms with Gasteiger partial charge in [0, 0.05) is 5.54 Å². The van der Waals surface area contributed by atoms with Crippen LogP contribution in [0.1, 0.15) is 20.8 Å². The minimum absolute atomic E-state index is 0.0764. The van der Waals surface area contributed by atoms with Crippen LogP contribution in [0.25, 0.3) is 0 Å². The molecule has 0 heterocycles. The lowest BCUT2D eigenvalue weighted by Crippen LogP contribution is -2.41. The number of carbonyl (C=O) groups excluding carboxylic acids is 1. The van der Waals surface area contributed by atoms with Crippen molar-refractivity contribution in [3.8, 4) is 0 Å². The molecule has 0 aromatic carbocycles. The molecular weight excluding hydrogens is 130 g/mol. The molecule has 0 aliphatic heterocycles. The lowest BCUT2D eigenvalue weighted by atomic mass is 10.1. The van der Waals surface area contributed by atoms with Crippen LogP contribution in [-0.4, -0.2) is 11.5 Å². The third kappa shape index (κ3) is 3.95. The zero-order chi connectivity index (χ0) is 8.36. The number of hydrogen-bond donors (Lipinski definition) is 1. The van der Waals surface area contributed by atoms with Gasteiger partial charge in [-0.05, 0) is 20.8 Å². The Kier molecular flexibility index (Phi) is 2.46. The zero-order valence-electron chi connectivity index (χ0n) is 6.52. The Morgan fingerprint density at radius 3 is 2.00 bits per heavy atom. The van der Waals surface area contributed by atoms with Gasteiger partial charge < -0.3 is 15.2 Å². The molecule has 10 heavy (non-hydrogen) atoms. The van der Waals surface area contributed by atoms with Gasteiger partial charge in [0.2, 0.25) is 0 Å². The molecule has 0 radical (unpaired) electrons. The van der Waals surface area contributed by atoms with Crippen LogP contribution in [-0.2, 0) is 4.79 Å². The Hall–Kier alpha value is -0.990. The Morgan fingerprint density at radius 1 is 1.50 bits per heavy atom. The minimum atomic E-state index is -1.25. The molecule has 0 aliphatic rings. The van der Waals surface area contributed by atoms with Crippen LogP contribution in [0.15, 0.2) is 12.3 Å². The van der Waals surface area contributed by atoms with E-state index in [0.29, 0.717) is 0 Å². The number of nitrogens with one attached hydrogen (secondary N) is 1. The van der Waals surface area contributed by atoms with Crippen molar-refractivity contribution in [3.05, 3.63) is 12.3 Å². The summed E-state index contributed by atoms with van der Waals surface area (Å²) in [5.74, 6) is -1.25. The average molecular weight is 142 g/mol. The molecule has 0 rings (SSSR count). The second-order valence-electron chi connectivity index (χ2n) is 3.14. The highest BCUT2D eigenvalue weighted by Gasteiger charge is 2.09. The standard InChI is InChI=1S/C7H13NO2/c1-5(6(9)10)8-7(2,3)4/h8H,1H2,2-4H3,(H,9,10)/p-1. The second-order valence-corrected chi connectivity index (χ2v) is 3.14. The van der Waals surface area contributed by atoms with E-state index in [2.05, 4.69) is 11.9 Å². The average Bonchev–Trinajstić information content (AvgIpc) is 1.60. The van der Waals surface area contributed by atoms with Crippen molar-refractivity contribution in [3.63, 3.8) is 0 Å². The fourth-order valence-corrected chi connectivity index (χ4v) is 0.504. The Bertz CT molecular complexity index is 155. The highest BCUT2D eigenvalue weighted by atomic mass is 16.4. The molecule has 0 aliphatic carbocycles. The van der Waals surface area contributed by atoms with Gasteiger partial charge in [-0.25, -0.2) is 0 Å². The number of carbonyl (C=O) groups is 1. The van der Waals surface area contributed by atoms with Crippen LogP contribution in [0.5, 0.6) is 0 Å². The summed E-state index contributed by atoms with van der Waals surface area (Å²) >= 11 is 0. The Morgan fingerprint density at radius 2 is 1.90 bits per heavy atom. The highest BCUT2D eigenvalue weighted by molar-refractivity contribution is 5.83. The van der Waals surface area contributed by atoms with E-state index in [1.54, 1.807) is 0 Å². The molecule has 0 saturated carbocycles. The summed E-state index contributed by atoms with van der Waals surface area (Å²) in [5, 5.41) is 12.8. The van der Waals surface area contributed by atoms with Gasteiger partial charge in [-0.2, -0.15) is 0 Å². The number of aliphatic carboxylic acids is 1. The van der Waals surface area contributed by atoms with Crippen molar-refractivity contribution in [2.45, 2.75) is 26.3 Å². The van der Waals surface area contributed by atoms with E-state index in [-0.39, 0.29) is 11.2 Å². The van der Waals surface area contributed by atoms with Crippen LogP contribution < -0.4 is 10.4 Å². The van der Waals surface area contributed by atoms with Gasteiger partial charge in [-0.1, -0.05) is 6.58 Å². The summed E-state index contributed by atoms with van der Waals surface area (Å²) < 4.78 is 0. The van der Waals surface area contributed by atoms with Crippen molar-refractivity contribution in [2.24, 2.45) is 0 Å². The van der Waals surface area contributed by atoms with Crippen molar-refractivity contribution in [1.29, 1.82) is 0 Å².